The lowest BCUT2D eigenvalue weighted by molar-refractivity contribution is -0.141. The van der Waals surface area contributed by atoms with Crippen LogP contribution < -0.4 is 10.1 Å². The van der Waals surface area contributed by atoms with E-state index in [0.29, 0.717) is 23.1 Å². The average Bonchev–Trinajstić information content (AvgIpc) is 2.76. The summed E-state index contributed by atoms with van der Waals surface area (Å²) in [5.41, 5.74) is 1.90. The van der Waals surface area contributed by atoms with Crippen molar-refractivity contribution < 1.29 is 14.3 Å². The van der Waals surface area contributed by atoms with Gasteiger partial charge < -0.3 is 15.0 Å². The Balaban J connectivity index is 2.05. The molecule has 0 fully saturated rings. The molecule has 1 N–H and O–H groups in total. The highest BCUT2D eigenvalue weighted by Crippen LogP contribution is 2.23. The molecule has 0 saturated heterocycles. The summed E-state index contributed by atoms with van der Waals surface area (Å²) in [6, 6.07) is 12.3. The standard InChI is InChI=1S/C25H32Cl2N2O3/c1-5-18(3)28-25(31)19(4)29(16-20-10-11-21(26)15-23(20)27)24(30)7-6-14-32-22-12-8-17(2)9-13-22/h8-13,15,18-19H,5-7,14,16H2,1-4H3,(H,28,31)/t18-,19-/m0/s1. The van der Waals surface area contributed by atoms with Crippen molar-refractivity contribution in [3.63, 3.8) is 0 Å². The zero-order valence-corrected chi connectivity index (χ0v) is 20.7. The molecule has 7 heteroatoms. The number of amides is 2. The van der Waals surface area contributed by atoms with Crippen LogP contribution in [0.25, 0.3) is 0 Å². The van der Waals surface area contributed by atoms with Crippen molar-refractivity contribution in [1.29, 1.82) is 0 Å². The minimum absolute atomic E-state index is 0.0314. The van der Waals surface area contributed by atoms with Gasteiger partial charge in [0.15, 0.2) is 0 Å². The second-order valence-corrected chi connectivity index (χ2v) is 8.86. The first-order valence-corrected chi connectivity index (χ1v) is 11.7. The number of halogens is 2. The van der Waals surface area contributed by atoms with Crippen LogP contribution >= 0.6 is 23.2 Å². The first-order valence-electron chi connectivity index (χ1n) is 10.9. The molecule has 2 atom stereocenters. The van der Waals surface area contributed by atoms with Crippen LogP contribution in [0.1, 0.15) is 51.2 Å². The quantitative estimate of drug-likeness (QED) is 0.415. The number of hydrogen-bond acceptors (Lipinski definition) is 3. The van der Waals surface area contributed by atoms with Gasteiger partial charge in [0.2, 0.25) is 11.8 Å². The van der Waals surface area contributed by atoms with Crippen molar-refractivity contribution in [2.24, 2.45) is 0 Å². The molecular formula is C25H32Cl2N2O3. The second kappa shape index (κ2) is 12.7. The van der Waals surface area contributed by atoms with Gasteiger partial charge in [-0.05, 0) is 63.4 Å². The lowest BCUT2D eigenvalue weighted by Crippen LogP contribution is -2.49. The molecule has 2 aromatic rings. The van der Waals surface area contributed by atoms with Crippen molar-refractivity contribution in [2.45, 2.75) is 65.6 Å². The predicted molar refractivity (Wildman–Crippen MR) is 130 cm³/mol. The van der Waals surface area contributed by atoms with Crippen molar-refractivity contribution in [1.82, 2.24) is 10.2 Å². The number of nitrogens with zero attached hydrogens (tertiary/aromatic N) is 1. The van der Waals surface area contributed by atoms with E-state index in [0.717, 1.165) is 23.3 Å². The summed E-state index contributed by atoms with van der Waals surface area (Å²) in [5, 5.41) is 3.94. The largest absolute Gasteiger partial charge is 0.494 e. The summed E-state index contributed by atoms with van der Waals surface area (Å²) in [6.45, 7) is 8.33. The Kier molecular flexibility index (Phi) is 10.3. The highest BCUT2D eigenvalue weighted by Gasteiger charge is 2.27. The number of aryl methyl sites for hydroxylation is 1. The summed E-state index contributed by atoms with van der Waals surface area (Å²) in [6.07, 6.45) is 1.61. The molecule has 0 aliphatic carbocycles. The third-order valence-electron chi connectivity index (χ3n) is 5.35. The fraction of sp³-hybridized carbons (Fsp3) is 0.440. The van der Waals surface area contributed by atoms with Gasteiger partial charge in [-0.3, -0.25) is 9.59 Å². The van der Waals surface area contributed by atoms with Crippen LogP contribution in [0, 0.1) is 6.92 Å². The molecule has 0 aliphatic rings. The zero-order chi connectivity index (χ0) is 23.7. The van der Waals surface area contributed by atoms with E-state index in [1.165, 1.54) is 0 Å². The summed E-state index contributed by atoms with van der Waals surface area (Å²) in [5.74, 6) is 0.457. The van der Waals surface area contributed by atoms with Crippen molar-refractivity contribution in [3.05, 3.63) is 63.6 Å². The van der Waals surface area contributed by atoms with E-state index in [1.807, 2.05) is 45.0 Å². The molecule has 32 heavy (non-hydrogen) atoms. The third-order valence-corrected chi connectivity index (χ3v) is 5.94. The van der Waals surface area contributed by atoms with E-state index >= 15 is 0 Å². The van der Waals surface area contributed by atoms with Gasteiger partial charge in [-0.25, -0.2) is 0 Å². The van der Waals surface area contributed by atoms with E-state index in [9.17, 15) is 9.59 Å². The van der Waals surface area contributed by atoms with E-state index in [-0.39, 0.29) is 30.8 Å². The molecule has 0 unspecified atom stereocenters. The van der Waals surface area contributed by atoms with Crippen molar-refractivity contribution in [3.8, 4) is 5.75 Å². The van der Waals surface area contributed by atoms with Crippen LogP contribution in [0.3, 0.4) is 0 Å². The molecule has 174 valence electrons. The van der Waals surface area contributed by atoms with Gasteiger partial charge in [0.05, 0.1) is 6.61 Å². The monoisotopic (exact) mass is 478 g/mol. The van der Waals surface area contributed by atoms with Gasteiger partial charge in [-0.15, -0.1) is 0 Å². The fourth-order valence-electron chi connectivity index (χ4n) is 3.07. The number of carbonyl (C=O) groups is 2. The number of carbonyl (C=O) groups excluding carboxylic acids is 2. The topological polar surface area (TPSA) is 58.6 Å². The maximum Gasteiger partial charge on any atom is 0.242 e. The van der Waals surface area contributed by atoms with Crippen LogP contribution in [-0.2, 0) is 16.1 Å². The molecule has 2 amide bonds. The summed E-state index contributed by atoms with van der Waals surface area (Å²) < 4.78 is 5.73. The maximum absolute atomic E-state index is 13.1. The van der Waals surface area contributed by atoms with E-state index < -0.39 is 6.04 Å². The van der Waals surface area contributed by atoms with Gasteiger partial charge in [-0.1, -0.05) is 53.9 Å². The molecule has 0 aromatic heterocycles. The molecule has 0 spiro atoms. The summed E-state index contributed by atoms with van der Waals surface area (Å²) >= 11 is 12.3. The average molecular weight is 479 g/mol. The first kappa shape index (κ1) is 26.0. The zero-order valence-electron chi connectivity index (χ0n) is 19.2. The van der Waals surface area contributed by atoms with Crippen LogP contribution in [0.5, 0.6) is 5.75 Å². The molecule has 0 heterocycles. The minimum Gasteiger partial charge on any atom is -0.494 e. The molecular weight excluding hydrogens is 447 g/mol. The maximum atomic E-state index is 13.1. The number of nitrogens with one attached hydrogen (secondary N) is 1. The fourth-order valence-corrected chi connectivity index (χ4v) is 3.54. The van der Waals surface area contributed by atoms with Gasteiger partial charge >= 0.3 is 0 Å². The Bertz CT molecular complexity index is 903. The Morgan fingerprint density at radius 3 is 2.41 bits per heavy atom. The van der Waals surface area contributed by atoms with E-state index in [1.54, 1.807) is 30.0 Å². The van der Waals surface area contributed by atoms with Gasteiger partial charge in [0.1, 0.15) is 11.8 Å². The van der Waals surface area contributed by atoms with Gasteiger partial charge in [0, 0.05) is 29.1 Å². The predicted octanol–water partition coefficient (Wildman–Crippen LogP) is 5.79. The number of benzene rings is 2. The smallest absolute Gasteiger partial charge is 0.242 e. The summed E-state index contributed by atoms with van der Waals surface area (Å²) in [7, 11) is 0. The van der Waals surface area contributed by atoms with E-state index in [2.05, 4.69) is 5.32 Å². The Labute approximate surface area is 201 Å². The number of ether oxygens (including phenoxy) is 1. The molecule has 0 saturated carbocycles. The van der Waals surface area contributed by atoms with Crippen LogP contribution in [-0.4, -0.2) is 35.4 Å². The Morgan fingerprint density at radius 2 is 1.78 bits per heavy atom. The van der Waals surface area contributed by atoms with Gasteiger partial charge in [-0.2, -0.15) is 0 Å². The molecule has 2 aromatic carbocycles. The Hall–Kier alpha value is -2.24. The number of hydrogen-bond donors (Lipinski definition) is 1. The highest BCUT2D eigenvalue weighted by atomic mass is 35.5. The van der Waals surface area contributed by atoms with Crippen molar-refractivity contribution >= 4 is 35.0 Å². The molecule has 5 nitrogen and oxygen atoms in total. The second-order valence-electron chi connectivity index (χ2n) is 8.02. The lowest BCUT2D eigenvalue weighted by atomic mass is 10.1. The normalized spacial score (nSPS) is 12.7. The first-order chi connectivity index (χ1) is 15.2. The van der Waals surface area contributed by atoms with Crippen LogP contribution in [0.2, 0.25) is 10.0 Å². The van der Waals surface area contributed by atoms with Crippen LogP contribution in [0.4, 0.5) is 0 Å². The summed E-state index contributed by atoms with van der Waals surface area (Å²) in [4.78, 5) is 27.4. The molecule has 0 aliphatic heterocycles. The SMILES string of the molecule is CC[C@H](C)NC(=O)[C@H](C)N(Cc1ccc(Cl)cc1Cl)C(=O)CCCOc1ccc(C)cc1. The van der Waals surface area contributed by atoms with E-state index in [4.69, 9.17) is 27.9 Å². The van der Waals surface area contributed by atoms with Crippen LogP contribution in [0.15, 0.2) is 42.5 Å². The van der Waals surface area contributed by atoms with Gasteiger partial charge in [0.25, 0.3) is 0 Å². The third kappa shape index (κ3) is 8.03. The lowest BCUT2D eigenvalue weighted by Gasteiger charge is -2.30. The molecule has 2 rings (SSSR count). The minimum atomic E-state index is -0.638. The molecule has 0 radical (unpaired) electrons. The van der Waals surface area contributed by atoms with Crippen molar-refractivity contribution in [2.75, 3.05) is 6.61 Å². The Morgan fingerprint density at radius 1 is 1.09 bits per heavy atom. The number of rotatable bonds is 11. The highest BCUT2D eigenvalue weighted by molar-refractivity contribution is 6.35. The molecule has 0 bridgehead atoms.